The second-order valence-electron chi connectivity index (χ2n) is 2.10. The van der Waals surface area contributed by atoms with Crippen LogP contribution in [0.2, 0.25) is 5.02 Å². The standard InChI is InChI=1S/C6H4ClN3S2/c7-3-1-2-11-5(3)4-6(8)10-12-9-4/h1-2H,(H2,8,10). The van der Waals surface area contributed by atoms with E-state index < -0.39 is 0 Å². The van der Waals surface area contributed by atoms with Gasteiger partial charge in [0.25, 0.3) is 0 Å². The maximum atomic E-state index is 5.89. The van der Waals surface area contributed by atoms with Crippen molar-refractivity contribution >= 4 is 40.5 Å². The van der Waals surface area contributed by atoms with Crippen LogP contribution < -0.4 is 5.73 Å². The highest BCUT2D eigenvalue weighted by atomic mass is 35.5. The zero-order chi connectivity index (χ0) is 8.55. The Morgan fingerprint density at radius 2 is 2.25 bits per heavy atom. The number of thiophene rings is 1. The third kappa shape index (κ3) is 1.20. The lowest BCUT2D eigenvalue weighted by atomic mass is 10.3. The molecule has 0 unspecified atom stereocenters. The summed E-state index contributed by atoms with van der Waals surface area (Å²) in [6, 6.07) is 1.82. The van der Waals surface area contributed by atoms with Crippen molar-refractivity contribution in [1.82, 2.24) is 8.75 Å². The van der Waals surface area contributed by atoms with Gasteiger partial charge in [0.2, 0.25) is 0 Å². The fourth-order valence-corrected chi connectivity index (χ4v) is 2.50. The van der Waals surface area contributed by atoms with Crippen molar-refractivity contribution in [2.75, 3.05) is 5.73 Å². The van der Waals surface area contributed by atoms with Gasteiger partial charge >= 0.3 is 0 Å². The molecule has 0 spiro atoms. The van der Waals surface area contributed by atoms with Gasteiger partial charge in [0.05, 0.1) is 21.6 Å². The van der Waals surface area contributed by atoms with Gasteiger partial charge in [0.15, 0.2) is 5.82 Å². The van der Waals surface area contributed by atoms with Gasteiger partial charge < -0.3 is 5.73 Å². The number of halogens is 1. The van der Waals surface area contributed by atoms with Gasteiger partial charge in [0.1, 0.15) is 5.69 Å². The summed E-state index contributed by atoms with van der Waals surface area (Å²) in [6.45, 7) is 0. The maximum Gasteiger partial charge on any atom is 0.166 e. The van der Waals surface area contributed by atoms with E-state index in [9.17, 15) is 0 Å². The fourth-order valence-electron chi connectivity index (χ4n) is 0.816. The van der Waals surface area contributed by atoms with Crippen molar-refractivity contribution in [1.29, 1.82) is 0 Å². The SMILES string of the molecule is Nc1nsnc1-c1sccc1Cl. The number of rotatable bonds is 1. The molecule has 0 bridgehead atoms. The number of hydrogen-bond acceptors (Lipinski definition) is 5. The van der Waals surface area contributed by atoms with Crippen LogP contribution >= 0.6 is 34.7 Å². The third-order valence-corrected chi connectivity index (χ3v) is 3.24. The predicted molar refractivity (Wildman–Crippen MR) is 52.6 cm³/mol. The highest BCUT2D eigenvalue weighted by Crippen LogP contribution is 2.34. The Morgan fingerprint density at radius 1 is 1.42 bits per heavy atom. The monoisotopic (exact) mass is 217 g/mol. The molecule has 0 radical (unpaired) electrons. The summed E-state index contributed by atoms with van der Waals surface area (Å²) in [5.74, 6) is 0.448. The molecule has 0 amide bonds. The zero-order valence-electron chi connectivity index (χ0n) is 5.82. The average Bonchev–Trinajstić information content (AvgIpc) is 2.59. The Bertz CT molecular complexity index is 357. The lowest BCUT2D eigenvalue weighted by molar-refractivity contribution is 1.52. The summed E-state index contributed by atoms with van der Waals surface area (Å²) >= 11 is 8.50. The number of nitrogens with zero attached hydrogens (tertiary/aromatic N) is 2. The van der Waals surface area contributed by atoms with Crippen LogP contribution in [0.15, 0.2) is 11.4 Å². The molecule has 12 heavy (non-hydrogen) atoms. The third-order valence-electron chi connectivity index (χ3n) is 1.35. The van der Waals surface area contributed by atoms with Gasteiger partial charge in [0, 0.05) is 0 Å². The predicted octanol–water partition coefficient (Wildman–Crippen LogP) is 2.50. The number of nitrogens with two attached hydrogens (primary N) is 1. The van der Waals surface area contributed by atoms with Crippen LogP contribution in [0.3, 0.4) is 0 Å². The van der Waals surface area contributed by atoms with Gasteiger partial charge in [-0.2, -0.15) is 8.75 Å². The highest BCUT2D eigenvalue weighted by molar-refractivity contribution is 7.14. The minimum atomic E-state index is 0.448. The molecule has 62 valence electrons. The summed E-state index contributed by atoms with van der Waals surface area (Å²) in [7, 11) is 0. The number of hydrogen-bond donors (Lipinski definition) is 1. The largest absolute Gasteiger partial charge is 0.381 e. The zero-order valence-corrected chi connectivity index (χ0v) is 8.21. The normalized spacial score (nSPS) is 10.4. The molecule has 6 heteroatoms. The summed E-state index contributed by atoms with van der Waals surface area (Å²) in [6.07, 6.45) is 0. The van der Waals surface area contributed by atoms with Crippen LogP contribution in [0.1, 0.15) is 0 Å². The lowest BCUT2D eigenvalue weighted by Crippen LogP contribution is -1.86. The number of aromatic nitrogens is 2. The molecule has 0 fully saturated rings. The van der Waals surface area contributed by atoms with Gasteiger partial charge in [-0.1, -0.05) is 11.6 Å². The Labute approximate surface area is 82.1 Å². The Balaban J connectivity index is 2.57. The molecule has 3 nitrogen and oxygen atoms in total. The van der Waals surface area contributed by atoms with Crippen molar-refractivity contribution in [2.45, 2.75) is 0 Å². The molecule has 0 aromatic carbocycles. The molecular formula is C6H4ClN3S2. The van der Waals surface area contributed by atoms with Crippen LogP contribution in [0.5, 0.6) is 0 Å². The van der Waals surface area contributed by atoms with Crippen molar-refractivity contribution in [3.63, 3.8) is 0 Å². The molecule has 2 aromatic heterocycles. The van der Waals surface area contributed by atoms with Gasteiger partial charge in [-0.3, -0.25) is 0 Å². The minimum Gasteiger partial charge on any atom is -0.381 e. The van der Waals surface area contributed by atoms with E-state index in [-0.39, 0.29) is 0 Å². The van der Waals surface area contributed by atoms with Crippen LogP contribution in [-0.4, -0.2) is 8.75 Å². The van der Waals surface area contributed by atoms with E-state index in [2.05, 4.69) is 8.75 Å². The van der Waals surface area contributed by atoms with Crippen LogP contribution in [-0.2, 0) is 0 Å². The molecule has 2 heterocycles. The molecule has 2 N–H and O–H groups in total. The van der Waals surface area contributed by atoms with Crippen molar-refractivity contribution in [2.24, 2.45) is 0 Å². The van der Waals surface area contributed by atoms with E-state index in [4.69, 9.17) is 17.3 Å². The Morgan fingerprint density at radius 3 is 2.75 bits per heavy atom. The van der Waals surface area contributed by atoms with Gasteiger partial charge in [-0.25, -0.2) is 0 Å². The smallest absolute Gasteiger partial charge is 0.166 e. The first-order chi connectivity index (χ1) is 5.79. The molecule has 0 saturated heterocycles. The Kier molecular flexibility index (Phi) is 2.00. The second kappa shape index (κ2) is 3.01. The molecule has 0 aliphatic heterocycles. The van der Waals surface area contributed by atoms with Gasteiger partial charge in [-0.15, -0.1) is 11.3 Å². The average molecular weight is 218 g/mol. The molecule has 0 aliphatic rings. The first kappa shape index (κ1) is 7.97. The van der Waals surface area contributed by atoms with E-state index in [0.29, 0.717) is 16.5 Å². The van der Waals surface area contributed by atoms with E-state index in [1.54, 1.807) is 0 Å². The summed E-state index contributed by atoms with van der Waals surface area (Å²) in [5.41, 5.74) is 6.28. The van der Waals surface area contributed by atoms with Crippen LogP contribution in [0.4, 0.5) is 5.82 Å². The van der Waals surface area contributed by atoms with E-state index in [0.717, 1.165) is 16.6 Å². The van der Waals surface area contributed by atoms with E-state index in [1.807, 2.05) is 11.4 Å². The first-order valence-corrected chi connectivity index (χ1v) is 5.09. The number of anilines is 1. The molecule has 2 aromatic rings. The highest BCUT2D eigenvalue weighted by Gasteiger charge is 2.11. The van der Waals surface area contributed by atoms with E-state index >= 15 is 0 Å². The number of nitrogen functional groups attached to an aromatic ring is 1. The van der Waals surface area contributed by atoms with Crippen molar-refractivity contribution in [3.8, 4) is 10.6 Å². The van der Waals surface area contributed by atoms with Crippen molar-refractivity contribution < 1.29 is 0 Å². The fraction of sp³-hybridized carbons (Fsp3) is 0. The first-order valence-electron chi connectivity index (χ1n) is 3.10. The minimum absolute atomic E-state index is 0.448. The maximum absolute atomic E-state index is 5.89. The second-order valence-corrected chi connectivity index (χ2v) is 3.95. The topological polar surface area (TPSA) is 51.8 Å². The summed E-state index contributed by atoms with van der Waals surface area (Å²) in [5, 5.41) is 2.58. The summed E-state index contributed by atoms with van der Waals surface area (Å²) in [4.78, 5) is 0.892. The van der Waals surface area contributed by atoms with Crippen molar-refractivity contribution in [3.05, 3.63) is 16.5 Å². The van der Waals surface area contributed by atoms with Crippen LogP contribution in [0, 0.1) is 0 Å². The molecule has 0 atom stereocenters. The molecular weight excluding hydrogens is 214 g/mol. The molecule has 2 rings (SSSR count). The lowest BCUT2D eigenvalue weighted by Gasteiger charge is -1.91. The quantitative estimate of drug-likeness (QED) is 0.799. The summed E-state index contributed by atoms with van der Waals surface area (Å²) < 4.78 is 7.92. The van der Waals surface area contributed by atoms with E-state index in [1.165, 1.54) is 11.3 Å². The van der Waals surface area contributed by atoms with Crippen LogP contribution in [0.25, 0.3) is 10.6 Å². The Hall–Kier alpha value is -0.650. The molecule has 0 saturated carbocycles. The molecule has 0 aliphatic carbocycles. The van der Waals surface area contributed by atoms with Gasteiger partial charge in [-0.05, 0) is 11.4 Å².